The molecule has 0 aromatic heterocycles. The summed E-state index contributed by atoms with van der Waals surface area (Å²) in [7, 11) is 0. The minimum absolute atomic E-state index is 0. The minimum Gasteiger partial charge on any atom is -0.481 e. The molecular weight excluding hydrogens is 204 g/mol. The highest BCUT2D eigenvalue weighted by molar-refractivity contribution is 5.62. The SMILES string of the molecule is CC(=O)O.N.OCCN(CCO)CCO. The summed E-state index contributed by atoms with van der Waals surface area (Å²) in [6.07, 6.45) is 0. The molecule has 7 heteroatoms. The van der Waals surface area contributed by atoms with Gasteiger partial charge in [0.15, 0.2) is 0 Å². The third kappa shape index (κ3) is 24.6. The number of carboxylic acid groups (broad SMARTS) is 1. The summed E-state index contributed by atoms with van der Waals surface area (Å²) in [5.74, 6) is -0.833. The van der Waals surface area contributed by atoms with Crippen LogP contribution in [0.15, 0.2) is 0 Å². The van der Waals surface area contributed by atoms with E-state index in [-0.39, 0.29) is 26.0 Å². The average molecular weight is 226 g/mol. The van der Waals surface area contributed by atoms with E-state index in [1.54, 1.807) is 4.90 Å². The molecule has 0 saturated carbocycles. The fraction of sp³-hybridized carbons (Fsp3) is 0.875. The third-order valence-electron chi connectivity index (χ3n) is 1.25. The average Bonchev–Trinajstić information content (AvgIpc) is 2.04. The molecule has 0 heterocycles. The highest BCUT2D eigenvalue weighted by atomic mass is 16.4. The van der Waals surface area contributed by atoms with E-state index in [9.17, 15) is 0 Å². The Hall–Kier alpha value is -0.730. The van der Waals surface area contributed by atoms with E-state index >= 15 is 0 Å². The van der Waals surface area contributed by atoms with Crippen molar-refractivity contribution in [1.29, 1.82) is 0 Å². The molecule has 0 unspecified atom stereocenters. The lowest BCUT2D eigenvalue weighted by molar-refractivity contribution is -0.134. The highest BCUT2D eigenvalue weighted by Crippen LogP contribution is 1.84. The Morgan fingerprint density at radius 3 is 1.33 bits per heavy atom. The Bertz CT molecular complexity index is 116. The predicted molar refractivity (Wildman–Crippen MR) is 56.0 cm³/mol. The molecule has 0 spiro atoms. The van der Waals surface area contributed by atoms with Gasteiger partial charge in [-0.3, -0.25) is 9.69 Å². The van der Waals surface area contributed by atoms with Crippen molar-refractivity contribution >= 4 is 5.97 Å². The molecule has 94 valence electrons. The van der Waals surface area contributed by atoms with E-state index in [0.29, 0.717) is 19.6 Å². The first-order valence-electron chi connectivity index (χ1n) is 4.33. The number of carboxylic acids is 1. The highest BCUT2D eigenvalue weighted by Gasteiger charge is 2.00. The number of hydrogen-bond donors (Lipinski definition) is 5. The van der Waals surface area contributed by atoms with Gasteiger partial charge in [0, 0.05) is 26.6 Å². The van der Waals surface area contributed by atoms with E-state index in [0.717, 1.165) is 6.92 Å². The summed E-state index contributed by atoms with van der Waals surface area (Å²) >= 11 is 0. The Morgan fingerprint density at radius 2 is 1.20 bits per heavy atom. The van der Waals surface area contributed by atoms with Gasteiger partial charge in [-0.1, -0.05) is 0 Å². The summed E-state index contributed by atoms with van der Waals surface area (Å²) in [4.78, 5) is 10.8. The van der Waals surface area contributed by atoms with Crippen LogP contribution in [0.3, 0.4) is 0 Å². The second-order valence-corrected chi connectivity index (χ2v) is 2.53. The zero-order chi connectivity index (χ0) is 11.4. The smallest absolute Gasteiger partial charge is 0.300 e. The molecule has 0 radical (unpaired) electrons. The third-order valence-corrected chi connectivity index (χ3v) is 1.25. The van der Waals surface area contributed by atoms with E-state index in [1.165, 1.54) is 0 Å². The molecule has 0 fully saturated rings. The van der Waals surface area contributed by atoms with Crippen LogP contribution in [-0.4, -0.2) is 70.8 Å². The Kier molecular flexibility index (Phi) is 20.7. The van der Waals surface area contributed by atoms with Crippen molar-refractivity contribution < 1.29 is 25.2 Å². The second kappa shape index (κ2) is 15.7. The van der Waals surface area contributed by atoms with Gasteiger partial charge < -0.3 is 26.6 Å². The summed E-state index contributed by atoms with van der Waals surface area (Å²) in [6, 6.07) is 0. The zero-order valence-corrected chi connectivity index (χ0v) is 9.09. The molecule has 0 aromatic carbocycles. The molecule has 0 atom stereocenters. The number of aliphatic hydroxyl groups is 3. The molecular formula is C8H22N2O5. The van der Waals surface area contributed by atoms with Crippen LogP contribution < -0.4 is 6.15 Å². The quantitative estimate of drug-likeness (QED) is 0.372. The number of aliphatic carboxylic acids is 1. The van der Waals surface area contributed by atoms with Crippen molar-refractivity contribution in [3.05, 3.63) is 0 Å². The van der Waals surface area contributed by atoms with Gasteiger partial charge in [-0.15, -0.1) is 0 Å². The van der Waals surface area contributed by atoms with Gasteiger partial charge >= 0.3 is 0 Å². The lowest BCUT2D eigenvalue weighted by atomic mass is 10.4. The molecule has 0 saturated heterocycles. The molecule has 7 nitrogen and oxygen atoms in total. The van der Waals surface area contributed by atoms with Crippen molar-refractivity contribution in [3.63, 3.8) is 0 Å². The molecule has 0 aliphatic carbocycles. The second-order valence-electron chi connectivity index (χ2n) is 2.53. The van der Waals surface area contributed by atoms with E-state index < -0.39 is 5.97 Å². The van der Waals surface area contributed by atoms with Crippen molar-refractivity contribution in [1.82, 2.24) is 11.1 Å². The molecule has 7 N–H and O–H groups in total. The first kappa shape index (κ1) is 19.8. The number of carbonyl (C=O) groups is 1. The number of hydrogen-bond acceptors (Lipinski definition) is 6. The maximum Gasteiger partial charge on any atom is 0.300 e. The van der Waals surface area contributed by atoms with Crippen LogP contribution in [0.5, 0.6) is 0 Å². The summed E-state index contributed by atoms with van der Waals surface area (Å²) in [5, 5.41) is 32.9. The first-order valence-corrected chi connectivity index (χ1v) is 4.33. The van der Waals surface area contributed by atoms with Crippen LogP contribution in [0.4, 0.5) is 0 Å². The summed E-state index contributed by atoms with van der Waals surface area (Å²) in [5.41, 5.74) is 0. The monoisotopic (exact) mass is 226 g/mol. The maximum absolute atomic E-state index is 9.00. The van der Waals surface area contributed by atoms with Gasteiger partial charge in [0.05, 0.1) is 19.8 Å². The van der Waals surface area contributed by atoms with Gasteiger partial charge in [-0.2, -0.15) is 0 Å². The van der Waals surface area contributed by atoms with E-state index in [1.807, 2.05) is 0 Å². The molecule has 0 bridgehead atoms. The predicted octanol–water partition coefficient (Wildman–Crippen LogP) is -1.48. The Balaban J connectivity index is -0.000000249. The number of aliphatic hydroxyl groups excluding tert-OH is 3. The minimum atomic E-state index is -0.833. The van der Waals surface area contributed by atoms with Crippen molar-refractivity contribution in [2.24, 2.45) is 0 Å². The molecule has 0 rings (SSSR count). The van der Waals surface area contributed by atoms with Crippen LogP contribution in [0.2, 0.25) is 0 Å². The van der Waals surface area contributed by atoms with Gasteiger partial charge in [-0.05, 0) is 0 Å². The molecule has 0 aliphatic rings. The Morgan fingerprint density at radius 1 is 1.00 bits per heavy atom. The fourth-order valence-electron chi connectivity index (χ4n) is 0.760. The van der Waals surface area contributed by atoms with Crippen LogP contribution in [0.1, 0.15) is 6.92 Å². The van der Waals surface area contributed by atoms with Crippen molar-refractivity contribution in [2.45, 2.75) is 6.92 Å². The Labute approximate surface area is 89.5 Å². The molecule has 0 aromatic rings. The molecule has 15 heavy (non-hydrogen) atoms. The van der Waals surface area contributed by atoms with Crippen LogP contribution in [0.25, 0.3) is 0 Å². The van der Waals surface area contributed by atoms with Crippen LogP contribution >= 0.6 is 0 Å². The summed E-state index contributed by atoms with van der Waals surface area (Å²) in [6.45, 7) is 2.84. The van der Waals surface area contributed by atoms with Gasteiger partial charge in [0.25, 0.3) is 5.97 Å². The van der Waals surface area contributed by atoms with Gasteiger partial charge in [0.2, 0.25) is 0 Å². The van der Waals surface area contributed by atoms with Crippen LogP contribution in [0, 0.1) is 0 Å². The summed E-state index contributed by atoms with van der Waals surface area (Å²) < 4.78 is 0. The fourth-order valence-corrected chi connectivity index (χ4v) is 0.760. The van der Waals surface area contributed by atoms with E-state index in [2.05, 4.69) is 0 Å². The van der Waals surface area contributed by atoms with Crippen LogP contribution in [-0.2, 0) is 4.79 Å². The molecule has 0 amide bonds. The topological polar surface area (TPSA) is 136 Å². The molecule has 0 aliphatic heterocycles. The largest absolute Gasteiger partial charge is 0.481 e. The normalized spacial score (nSPS) is 8.87. The number of nitrogens with zero attached hydrogens (tertiary/aromatic N) is 1. The zero-order valence-electron chi connectivity index (χ0n) is 9.09. The van der Waals surface area contributed by atoms with E-state index in [4.69, 9.17) is 25.2 Å². The maximum atomic E-state index is 9.00. The first-order chi connectivity index (χ1) is 6.58. The van der Waals surface area contributed by atoms with Gasteiger partial charge in [0.1, 0.15) is 0 Å². The lowest BCUT2D eigenvalue weighted by Crippen LogP contribution is -2.32. The standard InChI is InChI=1S/C6H15NO3.C2H4O2.H3N/c8-4-1-7(2-5-9)3-6-10;1-2(3)4;/h8-10H,1-6H2;1H3,(H,3,4);1H3. The van der Waals surface area contributed by atoms with Crippen molar-refractivity contribution in [2.75, 3.05) is 39.5 Å². The lowest BCUT2D eigenvalue weighted by Gasteiger charge is -2.17. The van der Waals surface area contributed by atoms with Gasteiger partial charge in [-0.25, -0.2) is 0 Å². The number of rotatable bonds is 6. The van der Waals surface area contributed by atoms with Crippen molar-refractivity contribution in [3.8, 4) is 0 Å².